The second kappa shape index (κ2) is 6.79. The average molecular weight is 200 g/mol. The van der Waals surface area contributed by atoms with E-state index in [0.29, 0.717) is 6.61 Å². The summed E-state index contributed by atoms with van der Waals surface area (Å²) >= 11 is 0. The maximum atomic E-state index is 11.5. The van der Waals surface area contributed by atoms with Crippen LogP contribution in [0.15, 0.2) is 0 Å². The second-order valence-electron chi connectivity index (χ2n) is 3.49. The predicted octanol–water partition coefficient (Wildman–Crippen LogP) is 0.281. The van der Waals surface area contributed by atoms with E-state index in [1.807, 2.05) is 6.92 Å². The van der Waals surface area contributed by atoms with E-state index in [2.05, 4.69) is 10.6 Å². The van der Waals surface area contributed by atoms with Gasteiger partial charge in [-0.15, -0.1) is 0 Å². The van der Waals surface area contributed by atoms with Crippen LogP contribution in [0.25, 0.3) is 0 Å². The molecular weight excluding hydrogens is 180 g/mol. The maximum absolute atomic E-state index is 11.5. The Morgan fingerprint density at radius 3 is 3.21 bits per heavy atom. The normalized spacial score (nSPS) is 22.9. The number of rotatable bonds is 5. The lowest BCUT2D eigenvalue weighted by Crippen LogP contribution is -2.43. The Morgan fingerprint density at radius 1 is 1.57 bits per heavy atom. The van der Waals surface area contributed by atoms with Crippen LogP contribution < -0.4 is 10.6 Å². The van der Waals surface area contributed by atoms with E-state index in [1.54, 1.807) is 0 Å². The molecule has 1 amide bonds. The zero-order valence-corrected chi connectivity index (χ0v) is 8.84. The van der Waals surface area contributed by atoms with Crippen molar-refractivity contribution in [3.63, 3.8) is 0 Å². The number of carbonyl (C=O) groups excluding carboxylic acids is 1. The van der Waals surface area contributed by atoms with Gasteiger partial charge in [-0.2, -0.15) is 0 Å². The van der Waals surface area contributed by atoms with Gasteiger partial charge in [-0.3, -0.25) is 4.79 Å². The lowest BCUT2D eigenvalue weighted by atomic mass is 10.1. The number of ether oxygens (including phenoxy) is 1. The molecule has 1 unspecified atom stereocenters. The number of hydrogen-bond acceptors (Lipinski definition) is 3. The van der Waals surface area contributed by atoms with Crippen molar-refractivity contribution in [2.75, 3.05) is 26.3 Å². The van der Waals surface area contributed by atoms with Gasteiger partial charge >= 0.3 is 0 Å². The molecule has 1 fully saturated rings. The van der Waals surface area contributed by atoms with Gasteiger partial charge in [-0.25, -0.2) is 0 Å². The van der Waals surface area contributed by atoms with Crippen LogP contribution in [0.3, 0.4) is 0 Å². The van der Waals surface area contributed by atoms with Crippen molar-refractivity contribution in [3.05, 3.63) is 0 Å². The van der Waals surface area contributed by atoms with Crippen molar-refractivity contribution >= 4 is 5.91 Å². The van der Waals surface area contributed by atoms with Crippen molar-refractivity contribution < 1.29 is 9.53 Å². The summed E-state index contributed by atoms with van der Waals surface area (Å²) in [6.07, 6.45) is 3.15. The second-order valence-corrected chi connectivity index (χ2v) is 3.49. The summed E-state index contributed by atoms with van der Waals surface area (Å²) < 4.78 is 5.20. The molecule has 0 saturated carbocycles. The Labute approximate surface area is 85.4 Å². The Balaban J connectivity index is 2.16. The third kappa shape index (κ3) is 4.07. The smallest absolute Gasteiger partial charge is 0.237 e. The summed E-state index contributed by atoms with van der Waals surface area (Å²) in [6.45, 7) is 4.96. The van der Waals surface area contributed by atoms with Gasteiger partial charge in [0.15, 0.2) is 0 Å². The van der Waals surface area contributed by atoms with Crippen LogP contribution in [0, 0.1) is 0 Å². The third-order valence-electron chi connectivity index (χ3n) is 2.38. The molecule has 1 saturated heterocycles. The number of hydrogen-bond donors (Lipinski definition) is 2. The zero-order valence-electron chi connectivity index (χ0n) is 8.84. The molecule has 1 aliphatic heterocycles. The van der Waals surface area contributed by atoms with Crippen molar-refractivity contribution in [3.8, 4) is 0 Å². The topological polar surface area (TPSA) is 50.4 Å². The molecule has 1 aliphatic rings. The summed E-state index contributed by atoms with van der Waals surface area (Å²) in [5, 5.41) is 6.10. The molecule has 82 valence electrons. The fraction of sp³-hybridized carbons (Fsp3) is 0.900. The fourth-order valence-electron chi connectivity index (χ4n) is 1.58. The molecule has 0 aliphatic carbocycles. The molecule has 0 radical (unpaired) electrons. The molecule has 0 bridgehead atoms. The first kappa shape index (κ1) is 11.5. The van der Waals surface area contributed by atoms with E-state index >= 15 is 0 Å². The molecule has 14 heavy (non-hydrogen) atoms. The summed E-state index contributed by atoms with van der Waals surface area (Å²) in [7, 11) is 0. The molecule has 1 atom stereocenters. The Hall–Kier alpha value is -0.610. The maximum Gasteiger partial charge on any atom is 0.237 e. The highest BCUT2D eigenvalue weighted by atomic mass is 16.5. The van der Waals surface area contributed by atoms with Crippen molar-refractivity contribution in [2.24, 2.45) is 0 Å². The van der Waals surface area contributed by atoms with E-state index in [1.165, 1.54) is 0 Å². The van der Waals surface area contributed by atoms with E-state index in [4.69, 9.17) is 4.74 Å². The molecule has 0 aromatic rings. The summed E-state index contributed by atoms with van der Waals surface area (Å²) in [6, 6.07) is -0.0158. The summed E-state index contributed by atoms with van der Waals surface area (Å²) in [5.41, 5.74) is 0. The molecule has 1 rings (SSSR count). The molecule has 0 aromatic carbocycles. The molecule has 0 aromatic heterocycles. The molecular formula is C10H20N2O2. The Kier molecular flexibility index (Phi) is 5.56. The van der Waals surface area contributed by atoms with Gasteiger partial charge in [0.1, 0.15) is 0 Å². The van der Waals surface area contributed by atoms with Gasteiger partial charge in [0.05, 0.1) is 12.6 Å². The first-order valence-electron chi connectivity index (χ1n) is 5.43. The molecule has 2 N–H and O–H groups in total. The zero-order chi connectivity index (χ0) is 10.2. The van der Waals surface area contributed by atoms with E-state index < -0.39 is 0 Å². The van der Waals surface area contributed by atoms with Crippen LogP contribution >= 0.6 is 0 Å². The highest BCUT2D eigenvalue weighted by molar-refractivity contribution is 5.81. The van der Waals surface area contributed by atoms with E-state index in [-0.39, 0.29) is 11.9 Å². The van der Waals surface area contributed by atoms with Crippen LogP contribution in [0.5, 0.6) is 0 Å². The van der Waals surface area contributed by atoms with Gasteiger partial charge in [0.2, 0.25) is 5.91 Å². The van der Waals surface area contributed by atoms with Gasteiger partial charge in [-0.05, 0) is 26.2 Å². The minimum absolute atomic E-state index is 0.0158. The SMILES string of the molecule is CCOCCNC1CCCCNC1=O. The summed E-state index contributed by atoms with van der Waals surface area (Å²) in [4.78, 5) is 11.5. The average Bonchev–Trinajstić information content (AvgIpc) is 2.39. The van der Waals surface area contributed by atoms with Crippen LogP contribution in [0.1, 0.15) is 26.2 Å². The molecule has 1 heterocycles. The first-order chi connectivity index (χ1) is 6.84. The predicted molar refractivity (Wildman–Crippen MR) is 55.1 cm³/mol. The van der Waals surface area contributed by atoms with Gasteiger partial charge in [0.25, 0.3) is 0 Å². The molecule has 4 nitrogen and oxygen atoms in total. The van der Waals surface area contributed by atoms with E-state index in [0.717, 1.165) is 39.0 Å². The number of amides is 1. The van der Waals surface area contributed by atoms with Crippen LogP contribution in [0.2, 0.25) is 0 Å². The molecule has 0 spiro atoms. The number of carbonyl (C=O) groups is 1. The van der Waals surface area contributed by atoms with Gasteiger partial charge in [-0.1, -0.05) is 0 Å². The highest BCUT2D eigenvalue weighted by Crippen LogP contribution is 2.04. The fourth-order valence-corrected chi connectivity index (χ4v) is 1.58. The van der Waals surface area contributed by atoms with Crippen molar-refractivity contribution in [1.82, 2.24) is 10.6 Å². The van der Waals surface area contributed by atoms with Gasteiger partial charge < -0.3 is 15.4 Å². The van der Waals surface area contributed by atoms with Gasteiger partial charge in [0, 0.05) is 19.7 Å². The van der Waals surface area contributed by atoms with Crippen LogP contribution in [0.4, 0.5) is 0 Å². The first-order valence-corrected chi connectivity index (χ1v) is 5.43. The minimum atomic E-state index is -0.0158. The molecule has 4 heteroatoms. The quantitative estimate of drug-likeness (QED) is 0.627. The Bertz CT molecular complexity index is 174. The number of nitrogens with one attached hydrogen (secondary N) is 2. The lowest BCUT2D eigenvalue weighted by Gasteiger charge is -2.14. The van der Waals surface area contributed by atoms with Crippen molar-refractivity contribution in [2.45, 2.75) is 32.2 Å². The largest absolute Gasteiger partial charge is 0.380 e. The third-order valence-corrected chi connectivity index (χ3v) is 2.38. The van der Waals surface area contributed by atoms with Crippen LogP contribution in [-0.2, 0) is 9.53 Å². The van der Waals surface area contributed by atoms with Crippen molar-refractivity contribution in [1.29, 1.82) is 0 Å². The highest BCUT2D eigenvalue weighted by Gasteiger charge is 2.19. The van der Waals surface area contributed by atoms with Crippen LogP contribution in [-0.4, -0.2) is 38.3 Å². The Morgan fingerprint density at radius 2 is 2.43 bits per heavy atom. The lowest BCUT2D eigenvalue weighted by molar-refractivity contribution is -0.122. The monoisotopic (exact) mass is 200 g/mol. The minimum Gasteiger partial charge on any atom is -0.380 e. The summed E-state index contributed by atoms with van der Waals surface area (Å²) in [5.74, 6) is 0.138. The standard InChI is InChI=1S/C10H20N2O2/c1-2-14-8-7-11-9-5-3-4-6-12-10(9)13/h9,11H,2-8H2,1H3,(H,12,13). The van der Waals surface area contributed by atoms with E-state index in [9.17, 15) is 4.79 Å².